The fraction of sp³-hybridized carbons (Fsp3) is 0.312. The molecule has 1 heterocycles. The molecule has 0 fully saturated rings. The molecule has 2 unspecified atom stereocenters. The highest BCUT2D eigenvalue weighted by Crippen LogP contribution is 2.15. The maximum Gasteiger partial charge on any atom is 0.252 e. The molecule has 0 aliphatic carbocycles. The number of benzene rings is 1. The Kier molecular flexibility index (Phi) is 5.87. The maximum absolute atomic E-state index is 12.5. The minimum absolute atomic E-state index is 0.0604. The number of carbonyl (C=O) groups is 2. The van der Waals surface area contributed by atoms with Crippen molar-refractivity contribution in [2.45, 2.75) is 31.8 Å². The van der Waals surface area contributed by atoms with E-state index in [4.69, 9.17) is 5.73 Å². The predicted octanol–water partition coefficient (Wildman–Crippen LogP) is 1.33. The van der Waals surface area contributed by atoms with Gasteiger partial charge in [-0.1, -0.05) is 30.3 Å². The van der Waals surface area contributed by atoms with Crippen LogP contribution in [0.1, 0.15) is 31.4 Å². The third-order valence-corrected chi connectivity index (χ3v) is 3.29. The minimum Gasteiger partial charge on any atom is -0.341 e. The molecule has 5 N–H and O–H groups in total. The number of amides is 2. The fourth-order valence-electron chi connectivity index (χ4n) is 2.07. The minimum atomic E-state index is -0.778. The van der Waals surface area contributed by atoms with E-state index in [1.165, 1.54) is 6.20 Å². The number of hydrogen-bond acceptors (Lipinski definition) is 4. The Morgan fingerprint density at radius 2 is 2.00 bits per heavy atom. The Labute approximate surface area is 134 Å². The second-order valence-corrected chi connectivity index (χ2v) is 5.39. The van der Waals surface area contributed by atoms with Gasteiger partial charge in [-0.2, -0.15) is 5.10 Å². The van der Waals surface area contributed by atoms with Crippen molar-refractivity contribution < 1.29 is 9.59 Å². The number of H-pyrrole nitrogens is 1. The van der Waals surface area contributed by atoms with Gasteiger partial charge in [0.25, 0.3) is 5.91 Å². The van der Waals surface area contributed by atoms with Crippen molar-refractivity contribution in [3.05, 3.63) is 48.2 Å². The van der Waals surface area contributed by atoms with Crippen LogP contribution in [0.15, 0.2) is 42.6 Å². The Morgan fingerprint density at radius 3 is 2.61 bits per heavy atom. The molecule has 2 atom stereocenters. The van der Waals surface area contributed by atoms with Crippen LogP contribution in [-0.4, -0.2) is 28.1 Å². The molecule has 122 valence electrons. The highest BCUT2D eigenvalue weighted by molar-refractivity contribution is 5.97. The highest BCUT2D eigenvalue weighted by Gasteiger charge is 2.23. The van der Waals surface area contributed by atoms with E-state index in [0.717, 1.165) is 0 Å². The van der Waals surface area contributed by atoms with Gasteiger partial charge in [-0.15, -0.1) is 0 Å². The van der Waals surface area contributed by atoms with Gasteiger partial charge in [0.15, 0.2) is 0 Å². The third kappa shape index (κ3) is 5.23. The zero-order chi connectivity index (χ0) is 16.7. The highest BCUT2D eigenvalue weighted by atomic mass is 16.2. The van der Waals surface area contributed by atoms with Gasteiger partial charge >= 0.3 is 0 Å². The van der Waals surface area contributed by atoms with Gasteiger partial charge < -0.3 is 16.4 Å². The second-order valence-electron chi connectivity index (χ2n) is 5.39. The summed E-state index contributed by atoms with van der Waals surface area (Å²) < 4.78 is 0. The first-order valence-electron chi connectivity index (χ1n) is 7.46. The molecule has 1 aromatic carbocycles. The molecule has 0 spiro atoms. The molecule has 0 aliphatic rings. The lowest BCUT2D eigenvalue weighted by atomic mass is 10.1. The van der Waals surface area contributed by atoms with Crippen molar-refractivity contribution in [2.24, 2.45) is 5.73 Å². The van der Waals surface area contributed by atoms with Crippen LogP contribution in [-0.2, 0) is 9.59 Å². The summed E-state index contributed by atoms with van der Waals surface area (Å²) in [6.07, 6.45) is 2.38. The number of nitrogens with zero attached hydrogens (tertiary/aromatic N) is 1. The first-order chi connectivity index (χ1) is 11.1. The summed E-state index contributed by atoms with van der Waals surface area (Å²) in [5.41, 5.74) is 6.37. The van der Waals surface area contributed by atoms with Gasteiger partial charge in [-0.05, 0) is 18.9 Å². The molecule has 0 saturated heterocycles. The molecule has 2 rings (SSSR count). The average molecular weight is 315 g/mol. The van der Waals surface area contributed by atoms with Crippen molar-refractivity contribution in [3.8, 4) is 0 Å². The van der Waals surface area contributed by atoms with Crippen LogP contribution >= 0.6 is 0 Å². The van der Waals surface area contributed by atoms with E-state index < -0.39 is 6.04 Å². The van der Waals surface area contributed by atoms with Crippen LogP contribution in [0.5, 0.6) is 0 Å². The summed E-state index contributed by atoms with van der Waals surface area (Å²) in [6.45, 7) is 1.84. The van der Waals surface area contributed by atoms with Gasteiger partial charge in [0.1, 0.15) is 11.9 Å². The molecule has 0 saturated carbocycles. The molecule has 0 bridgehead atoms. The molecule has 0 aliphatic heterocycles. The third-order valence-electron chi connectivity index (χ3n) is 3.29. The van der Waals surface area contributed by atoms with Crippen molar-refractivity contribution >= 4 is 17.6 Å². The Morgan fingerprint density at radius 1 is 1.26 bits per heavy atom. The number of carbonyl (C=O) groups excluding carboxylic acids is 2. The summed E-state index contributed by atoms with van der Waals surface area (Å²) >= 11 is 0. The summed E-state index contributed by atoms with van der Waals surface area (Å²) in [6, 6.07) is 9.88. The van der Waals surface area contributed by atoms with Crippen LogP contribution in [0.25, 0.3) is 0 Å². The van der Waals surface area contributed by atoms with Crippen molar-refractivity contribution in [3.63, 3.8) is 0 Å². The maximum atomic E-state index is 12.5. The number of hydrogen-bond donors (Lipinski definition) is 4. The van der Waals surface area contributed by atoms with Gasteiger partial charge in [-0.3, -0.25) is 14.7 Å². The molecule has 1 aromatic heterocycles. The summed E-state index contributed by atoms with van der Waals surface area (Å²) in [5, 5.41) is 11.9. The van der Waals surface area contributed by atoms with Crippen LogP contribution in [0.4, 0.5) is 5.82 Å². The van der Waals surface area contributed by atoms with E-state index in [2.05, 4.69) is 20.8 Å². The molecule has 23 heavy (non-hydrogen) atoms. The number of anilines is 1. The second kappa shape index (κ2) is 8.09. The average Bonchev–Trinajstić information content (AvgIpc) is 3.04. The van der Waals surface area contributed by atoms with Crippen LogP contribution < -0.4 is 16.4 Å². The Balaban J connectivity index is 2.09. The van der Waals surface area contributed by atoms with E-state index in [1.54, 1.807) is 18.2 Å². The zero-order valence-electron chi connectivity index (χ0n) is 13.0. The molecule has 7 nitrogen and oxygen atoms in total. The molecular weight excluding hydrogens is 294 g/mol. The smallest absolute Gasteiger partial charge is 0.252 e. The summed E-state index contributed by atoms with van der Waals surface area (Å²) in [7, 11) is 0. The lowest BCUT2D eigenvalue weighted by Crippen LogP contribution is -2.37. The first-order valence-corrected chi connectivity index (χ1v) is 7.46. The Hall–Kier alpha value is -2.67. The largest absolute Gasteiger partial charge is 0.341 e. The summed E-state index contributed by atoms with van der Waals surface area (Å²) in [4.78, 5) is 24.6. The standard InChI is InChI=1S/C16H21N5O2/c1-11(17)7-8-14(22)20-15(12-5-3-2-4-6-12)16(23)19-13-9-10-18-21-13/h2-6,9-11,15H,7-8,17H2,1H3,(H,20,22)(H2,18,19,21,23). The van der Waals surface area contributed by atoms with E-state index in [9.17, 15) is 9.59 Å². The monoisotopic (exact) mass is 315 g/mol. The van der Waals surface area contributed by atoms with Crippen LogP contribution in [0, 0.1) is 0 Å². The van der Waals surface area contributed by atoms with Crippen molar-refractivity contribution in [1.82, 2.24) is 15.5 Å². The topological polar surface area (TPSA) is 113 Å². The number of aromatic nitrogens is 2. The molecule has 0 radical (unpaired) electrons. The number of nitrogens with one attached hydrogen (secondary N) is 3. The molecular formula is C16H21N5O2. The van der Waals surface area contributed by atoms with Crippen molar-refractivity contribution in [2.75, 3.05) is 5.32 Å². The Bertz CT molecular complexity index is 625. The normalized spacial score (nSPS) is 13.1. The van der Waals surface area contributed by atoms with E-state index >= 15 is 0 Å². The first kappa shape index (κ1) is 16.7. The zero-order valence-corrected chi connectivity index (χ0v) is 13.0. The SMILES string of the molecule is CC(N)CCC(=O)NC(C(=O)Nc1ccn[nH]1)c1ccccc1. The van der Waals surface area contributed by atoms with Crippen LogP contribution in [0.2, 0.25) is 0 Å². The number of aromatic amines is 1. The number of nitrogens with two attached hydrogens (primary N) is 1. The lowest BCUT2D eigenvalue weighted by Gasteiger charge is -2.18. The van der Waals surface area contributed by atoms with Gasteiger partial charge in [0.2, 0.25) is 5.91 Å². The fourth-order valence-corrected chi connectivity index (χ4v) is 2.07. The quantitative estimate of drug-likeness (QED) is 0.617. The van der Waals surface area contributed by atoms with E-state index in [-0.39, 0.29) is 24.3 Å². The van der Waals surface area contributed by atoms with E-state index in [0.29, 0.717) is 17.8 Å². The van der Waals surface area contributed by atoms with Gasteiger partial charge in [-0.25, -0.2) is 0 Å². The van der Waals surface area contributed by atoms with Gasteiger partial charge in [0.05, 0.1) is 6.20 Å². The van der Waals surface area contributed by atoms with Crippen LogP contribution in [0.3, 0.4) is 0 Å². The molecule has 2 aromatic rings. The molecule has 7 heteroatoms. The molecule has 2 amide bonds. The number of rotatable bonds is 7. The lowest BCUT2D eigenvalue weighted by molar-refractivity contribution is -0.126. The summed E-state index contributed by atoms with van der Waals surface area (Å²) in [5.74, 6) is -0.0775. The van der Waals surface area contributed by atoms with Gasteiger partial charge in [0, 0.05) is 18.5 Å². The predicted molar refractivity (Wildman–Crippen MR) is 87.4 cm³/mol. The van der Waals surface area contributed by atoms with Crippen molar-refractivity contribution in [1.29, 1.82) is 0 Å². The van der Waals surface area contributed by atoms with E-state index in [1.807, 2.05) is 25.1 Å².